The lowest BCUT2D eigenvalue weighted by Crippen LogP contribution is -2.28. The van der Waals surface area contributed by atoms with E-state index in [0.717, 1.165) is 29.7 Å². The number of aryl methyl sites for hydroxylation is 1. The number of benzene rings is 1. The lowest BCUT2D eigenvalue weighted by molar-refractivity contribution is 0.0174. The van der Waals surface area contributed by atoms with E-state index in [1.54, 1.807) is 26.0 Å². The summed E-state index contributed by atoms with van der Waals surface area (Å²) in [7, 11) is -3.87. The minimum Gasteiger partial charge on any atom is -0.494 e. The lowest BCUT2D eigenvalue weighted by Gasteiger charge is -2.21. The van der Waals surface area contributed by atoms with Crippen LogP contribution in [0.1, 0.15) is 32.3 Å². The monoisotopic (exact) mass is 396 g/mol. The second kappa shape index (κ2) is 7.90. The molecule has 148 valence electrons. The summed E-state index contributed by atoms with van der Waals surface area (Å²) in [5.41, 5.74) is 1.70. The predicted molar refractivity (Wildman–Crippen MR) is 96.5 cm³/mol. The van der Waals surface area contributed by atoms with Crippen LogP contribution in [-0.2, 0) is 28.5 Å². The average molecular weight is 396 g/mol. The van der Waals surface area contributed by atoms with Crippen molar-refractivity contribution in [1.82, 2.24) is 0 Å². The third-order valence-corrected chi connectivity index (χ3v) is 5.87. The van der Waals surface area contributed by atoms with Gasteiger partial charge in [-0.3, -0.25) is 4.18 Å². The molecule has 0 amide bonds. The fourth-order valence-electron chi connectivity index (χ4n) is 3.22. The van der Waals surface area contributed by atoms with Gasteiger partial charge in [0.15, 0.2) is 0 Å². The van der Waals surface area contributed by atoms with Crippen LogP contribution in [0.4, 0.5) is 4.79 Å². The number of rotatable bonds is 7. The summed E-state index contributed by atoms with van der Waals surface area (Å²) < 4.78 is 46.0. The smallest absolute Gasteiger partial charge is 0.494 e. The van der Waals surface area contributed by atoms with E-state index in [1.807, 2.05) is 6.92 Å². The average Bonchev–Trinajstić information content (AvgIpc) is 3.19. The Morgan fingerprint density at radius 3 is 2.63 bits per heavy atom. The molecule has 0 aromatic heterocycles. The molecule has 0 aliphatic carbocycles. The van der Waals surface area contributed by atoms with Gasteiger partial charge in [0.05, 0.1) is 29.3 Å². The Hall–Kier alpha value is -2.06. The van der Waals surface area contributed by atoms with Crippen molar-refractivity contribution in [3.63, 3.8) is 0 Å². The van der Waals surface area contributed by atoms with Crippen molar-refractivity contribution in [2.24, 2.45) is 5.92 Å². The maximum atomic E-state index is 12.4. The molecule has 2 bridgehead atoms. The van der Waals surface area contributed by atoms with Gasteiger partial charge in [-0.25, -0.2) is 4.79 Å². The number of fused-ring (bicyclic) bond motifs is 2. The second-order valence-electron chi connectivity index (χ2n) is 7.01. The van der Waals surface area contributed by atoms with Gasteiger partial charge < -0.3 is 14.2 Å². The van der Waals surface area contributed by atoms with Crippen molar-refractivity contribution in [1.29, 1.82) is 0 Å². The van der Waals surface area contributed by atoms with Crippen LogP contribution >= 0.6 is 0 Å². The molecule has 27 heavy (non-hydrogen) atoms. The van der Waals surface area contributed by atoms with Gasteiger partial charge in [0.25, 0.3) is 10.1 Å². The van der Waals surface area contributed by atoms with Gasteiger partial charge in [0.2, 0.25) is 0 Å². The zero-order valence-corrected chi connectivity index (χ0v) is 16.5. The van der Waals surface area contributed by atoms with E-state index >= 15 is 0 Å². The zero-order valence-electron chi connectivity index (χ0n) is 15.6. The number of hydrogen-bond acceptors (Lipinski definition) is 7. The van der Waals surface area contributed by atoms with Gasteiger partial charge in [-0.1, -0.05) is 17.7 Å². The van der Waals surface area contributed by atoms with Crippen molar-refractivity contribution >= 4 is 16.3 Å². The van der Waals surface area contributed by atoms with E-state index in [0.29, 0.717) is 0 Å². The van der Waals surface area contributed by atoms with E-state index in [9.17, 15) is 13.2 Å². The molecule has 2 aliphatic rings. The highest BCUT2D eigenvalue weighted by atomic mass is 32.2. The Labute approximate surface area is 159 Å². The fraction of sp³-hybridized carbons (Fsp3) is 0.526. The fourth-order valence-corrected chi connectivity index (χ4v) is 4.11. The molecule has 8 heteroatoms. The number of ether oxygens (including phenoxy) is 3. The topological polar surface area (TPSA) is 88.1 Å². The Balaban J connectivity index is 1.64. The molecule has 2 aliphatic heterocycles. The largest absolute Gasteiger partial charge is 0.508 e. The quantitative estimate of drug-likeness (QED) is 0.516. The third kappa shape index (κ3) is 4.62. The molecule has 0 radical (unpaired) electrons. The molecule has 0 saturated carbocycles. The van der Waals surface area contributed by atoms with E-state index in [2.05, 4.69) is 0 Å². The molecular formula is C19H24O7S. The van der Waals surface area contributed by atoms with Crippen molar-refractivity contribution in [3.05, 3.63) is 41.2 Å². The van der Waals surface area contributed by atoms with Crippen LogP contribution in [0, 0.1) is 12.8 Å². The van der Waals surface area contributed by atoms with Crippen molar-refractivity contribution in [2.45, 2.75) is 50.7 Å². The van der Waals surface area contributed by atoms with Crippen molar-refractivity contribution in [3.8, 4) is 0 Å². The molecule has 1 saturated heterocycles. The molecule has 7 nitrogen and oxygen atoms in total. The first kappa shape index (κ1) is 19.7. The molecule has 1 aromatic carbocycles. The SMILES string of the molecule is Cc1ccc(S(=O)(=O)OCC2=C3CCC(O3)C2COC(=O)OC(C)C)cc1. The molecule has 2 heterocycles. The summed E-state index contributed by atoms with van der Waals surface area (Å²) in [6, 6.07) is 6.47. The predicted octanol–water partition coefficient (Wildman–Crippen LogP) is 3.32. The first-order chi connectivity index (χ1) is 12.8. The van der Waals surface area contributed by atoms with E-state index in [-0.39, 0.29) is 36.2 Å². The Bertz CT molecular complexity index is 824. The highest BCUT2D eigenvalue weighted by molar-refractivity contribution is 7.86. The summed E-state index contributed by atoms with van der Waals surface area (Å²) in [6.07, 6.45) is 0.421. The molecule has 1 fully saturated rings. The van der Waals surface area contributed by atoms with Crippen molar-refractivity contribution in [2.75, 3.05) is 13.2 Å². The molecule has 2 atom stereocenters. The highest BCUT2D eigenvalue weighted by Crippen LogP contribution is 2.43. The normalized spacial score (nSPS) is 21.5. The van der Waals surface area contributed by atoms with Gasteiger partial charge in [0.1, 0.15) is 12.7 Å². The summed E-state index contributed by atoms with van der Waals surface area (Å²) in [5, 5.41) is 0. The zero-order chi connectivity index (χ0) is 19.6. The number of hydrogen-bond donors (Lipinski definition) is 0. The minimum atomic E-state index is -3.87. The van der Waals surface area contributed by atoms with Crippen LogP contribution < -0.4 is 0 Å². The van der Waals surface area contributed by atoms with Gasteiger partial charge in [-0.15, -0.1) is 0 Å². The van der Waals surface area contributed by atoms with Gasteiger partial charge in [-0.05, 0) is 39.3 Å². The van der Waals surface area contributed by atoms with Crippen LogP contribution in [-0.4, -0.2) is 40.0 Å². The van der Waals surface area contributed by atoms with Gasteiger partial charge in [-0.2, -0.15) is 8.42 Å². The Morgan fingerprint density at radius 2 is 1.96 bits per heavy atom. The van der Waals surface area contributed by atoms with Gasteiger partial charge in [0, 0.05) is 12.0 Å². The summed E-state index contributed by atoms with van der Waals surface area (Å²) >= 11 is 0. The van der Waals surface area contributed by atoms with Gasteiger partial charge >= 0.3 is 6.16 Å². The molecule has 0 spiro atoms. The second-order valence-corrected chi connectivity index (χ2v) is 8.62. The Kier molecular flexibility index (Phi) is 5.76. The van der Waals surface area contributed by atoms with Crippen LogP contribution in [0.25, 0.3) is 0 Å². The van der Waals surface area contributed by atoms with Crippen LogP contribution in [0.3, 0.4) is 0 Å². The summed E-state index contributed by atoms with van der Waals surface area (Å²) in [4.78, 5) is 11.7. The van der Waals surface area contributed by atoms with E-state index in [4.69, 9.17) is 18.4 Å². The van der Waals surface area contributed by atoms with E-state index in [1.165, 1.54) is 12.1 Å². The molecular weight excluding hydrogens is 372 g/mol. The first-order valence-electron chi connectivity index (χ1n) is 8.94. The lowest BCUT2D eigenvalue weighted by atomic mass is 9.88. The summed E-state index contributed by atoms with van der Waals surface area (Å²) in [5.74, 6) is 0.520. The molecule has 0 N–H and O–H groups in total. The summed E-state index contributed by atoms with van der Waals surface area (Å²) in [6.45, 7) is 5.31. The standard InChI is InChI=1S/C19H24O7S/c1-12(2)25-19(20)23-10-15-16(18-9-8-17(15)26-18)11-24-27(21,22)14-6-4-13(3)5-7-14/h4-7,12,15,17H,8-11H2,1-3H3. The van der Waals surface area contributed by atoms with Crippen LogP contribution in [0.5, 0.6) is 0 Å². The molecule has 1 aromatic rings. The maximum Gasteiger partial charge on any atom is 0.508 e. The minimum absolute atomic E-state index is 0.0724. The highest BCUT2D eigenvalue weighted by Gasteiger charge is 2.42. The third-order valence-electron chi connectivity index (χ3n) is 4.60. The Morgan fingerprint density at radius 1 is 1.26 bits per heavy atom. The number of carbonyl (C=O) groups is 1. The van der Waals surface area contributed by atoms with E-state index < -0.39 is 16.3 Å². The molecule has 2 unspecified atom stereocenters. The first-order valence-corrected chi connectivity index (χ1v) is 10.3. The van der Waals surface area contributed by atoms with Crippen molar-refractivity contribution < 1.29 is 31.6 Å². The maximum absolute atomic E-state index is 12.4. The number of carbonyl (C=O) groups excluding carboxylic acids is 1. The van der Waals surface area contributed by atoms with Crippen LogP contribution in [0.2, 0.25) is 0 Å². The number of allylic oxidation sites excluding steroid dienone is 1. The molecule has 3 rings (SSSR count). The van der Waals surface area contributed by atoms with Crippen LogP contribution in [0.15, 0.2) is 40.5 Å².